The van der Waals surface area contributed by atoms with E-state index in [1.165, 1.54) is 0 Å². The lowest BCUT2D eigenvalue weighted by atomic mass is 10.1. The van der Waals surface area contributed by atoms with E-state index in [0.29, 0.717) is 5.02 Å². The van der Waals surface area contributed by atoms with Crippen molar-refractivity contribution in [1.29, 1.82) is 0 Å². The summed E-state index contributed by atoms with van der Waals surface area (Å²) in [6, 6.07) is 3.60. The minimum absolute atomic E-state index is 0.0352. The fourth-order valence-electron chi connectivity index (χ4n) is 1.31. The number of nitrogens with zero attached hydrogens (tertiary/aromatic N) is 1. The number of alkyl carbamates (subject to hydrolysis) is 1. The molecular formula is C13H19ClN2O2. The normalized spacial score (nSPS) is 12.9. The Balaban J connectivity index is 2.44. The van der Waals surface area contributed by atoms with Crippen LogP contribution in [0.5, 0.6) is 0 Å². The molecule has 0 spiro atoms. The summed E-state index contributed by atoms with van der Waals surface area (Å²) >= 11 is 5.76. The lowest BCUT2D eigenvalue weighted by molar-refractivity contribution is 0.132. The van der Waals surface area contributed by atoms with Gasteiger partial charge in [0.2, 0.25) is 0 Å². The van der Waals surface area contributed by atoms with Gasteiger partial charge in [0, 0.05) is 23.3 Å². The molecule has 100 valence electrons. The predicted molar refractivity (Wildman–Crippen MR) is 71.9 cm³/mol. The van der Waals surface area contributed by atoms with E-state index in [1.807, 2.05) is 33.8 Å². The van der Waals surface area contributed by atoms with Crippen molar-refractivity contribution in [2.45, 2.75) is 39.2 Å². The maximum Gasteiger partial charge on any atom is 0.407 e. The first kappa shape index (κ1) is 14.8. The Labute approximate surface area is 113 Å². The molecule has 0 aliphatic heterocycles. The Kier molecular flexibility index (Phi) is 4.96. The molecule has 1 atom stereocenters. The van der Waals surface area contributed by atoms with Crippen LogP contribution in [0.25, 0.3) is 0 Å². The van der Waals surface area contributed by atoms with Crippen LogP contribution in [0.2, 0.25) is 5.02 Å². The lowest BCUT2D eigenvalue weighted by Crippen LogP contribution is -2.41. The van der Waals surface area contributed by atoms with Crippen molar-refractivity contribution in [3.8, 4) is 0 Å². The first-order chi connectivity index (χ1) is 8.28. The number of rotatable bonds is 3. The maximum absolute atomic E-state index is 11.5. The zero-order valence-corrected chi connectivity index (χ0v) is 11.9. The monoisotopic (exact) mass is 270 g/mol. The third kappa shape index (κ3) is 5.36. The van der Waals surface area contributed by atoms with E-state index in [2.05, 4.69) is 10.3 Å². The number of aromatic nitrogens is 1. The van der Waals surface area contributed by atoms with Gasteiger partial charge in [0.15, 0.2) is 0 Å². The molecule has 0 aliphatic rings. The van der Waals surface area contributed by atoms with Crippen molar-refractivity contribution in [2.24, 2.45) is 0 Å². The molecule has 0 radical (unpaired) electrons. The number of hydrogen-bond acceptors (Lipinski definition) is 3. The average molecular weight is 271 g/mol. The van der Waals surface area contributed by atoms with E-state index < -0.39 is 6.09 Å². The summed E-state index contributed by atoms with van der Waals surface area (Å²) in [7, 11) is 0. The van der Waals surface area contributed by atoms with Crippen LogP contribution in [0, 0.1) is 0 Å². The molecule has 1 rings (SSSR count). The molecule has 1 heterocycles. The maximum atomic E-state index is 11.5. The van der Waals surface area contributed by atoms with Gasteiger partial charge in [0.25, 0.3) is 0 Å². The largest absolute Gasteiger partial charge is 0.449 e. The molecule has 5 heteroatoms. The lowest BCUT2D eigenvalue weighted by Gasteiger charge is -2.20. The summed E-state index contributed by atoms with van der Waals surface area (Å²) in [5.74, 6) is 0.0352. The summed E-state index contributed by atoms with van der Waals surface area (Å²) in [6.07, 6.45) is 1.17. The van der Waals surface area contributed by atoms with E-state index in [1.54, 1.807) is 12.3 Å². The second kappa shape index (κ2) is 6.05. The van der Waals surface area contributed by atoms with Gasteiger partial charge in [-0.3, -0.25) is 4.98 Å². The first-order valence-corrected chi connectivity index (χ1v) is 6.22. The molecule has 0 saturated heterocycles. The number of carbonyl (C=O) groups is 1. The van der Waals surface area contributed by atoms with E-state index in [-0.39, 0.29) is 18.1 Å². The van der Waals surface area contributed by atoms with E-state index in [0.717, 1.165) is 5.69 Å². The van der Waals surface area contributed by atoms with Crippen molar-refractivity contribution >= 4 is 17.7 Å². The van der Waals surface area contributed by atoms with Crippen molar-refractivity contribution < 1.29 is 9.53 Å². The van der Waals surface area contributed by atoms with Gasteiger partial charge in [0.1, 0.15) is 6.61 Å². The summed E-state index contributed by atoms with van der Waals surface area (Å²) in [4.78, 5) is 15.7. The smallest absolute Gasteiger partial charge is 0.407 e. The minimum Gasteiger partial charge on any atom is -0.449 e. The molecule has 0 bridgehead atoms. The van der Waals surface area contributed by atoms with Gasteiger partial charge in [-0.05, 0) is 32.9 Å². The van der Waals surface area contributed by atoms with Crippen molar-refractivity contribution in [3.05, 3.63) is 29.0 Å². The van der Waals surface area contributed by atoms with Crippen molar-refractivity contribution in [2.75, 3.05) is 6.61 Å². The zero-order valence-electron chi connectivity index (χ0n) is 11.2. The first-order valence-electron chi connectivity index (χ1n) is 5.84. The Hall–Kier alpha value is -1.29. The van der Waals surface area contributed by atoms with Gasteiger partial charge in [-0.1, -0.05) is 18.5 Å². The number of ether oxygens (including phenoxy) is 1. The topological polar surface area (TPSA) is 51.2 Å². The highest BCUT2D eigenvalue weighted by Crippen LogP contribution is 2.15. The minimum atomic E-state index is -0.414. The highest BCUT2D eigenvalue weighted by molar-refractivity contribution is 6.30. The third-order valence-corrected chi connectivity index (χ3v) is 2.42. The van der Waals surface area contributed by atoms with Gasteiger partial charge >= 0.3 is 6.09 Å². The van der Waals surface area contributed by atoms with Crippen molar-refractivity contribution in [3.63, 3.8) is 0 Å². The van der Waals surface area contributed by atoms with Gasteiger partial charge in [-0.25, -0.2) is 4.79 Å². The molecule has 1 amide bonds. The van der Waals surface area contributed by atoms with Crippen LogP contribution in [-0.4, -0.2) is 23.2 Å². The molecule has 1 aromatic heterocycles. The van der Waals surface area contributed by atoms with Crippen LogP contribution in [-0.2, 0) is 4.74 Å². The second-order valence-electron chi connectivity index (χ2n) is 5.28. The molecule has 4 nitrogen and oxygen atoms in total. The molecule has 1 unspecified atom stereocenters. The summed E-state index contributed by atoms with van der Waals surface area (Å²) < 4.78 is 5.14. The van der Waals surface area contributed by atoms with Crippen LogP contribution >= 0.6 is 11.6 Å². The molecule has 0 aliphatic carbocycles. The van der Waals surface area contributed by atoms with Crippen LogP contribution in [0.4, 0.5) is 4.79 Å². The van der Waals surface area contributed by atoms with Crippen LogP contribution in [0.1, 0.15) is 39.3 Å². The number of carbonyl (C=O) groups excluding carboxylic acids is 1. The van der Waals surface area contributed by atoms with E-state index in [9.17, 15) is 4.79 Å². The second-order valence-corrected chi connectivity index (χ2v) is 5.71. The standard InChI is InChI=1S/C13H19ClN2O2/c1-9(11-6-5-10(14)7-15-11)8-18-12(17)16-13(2,3)4/h5-7,9H,8H2,1-4H3,(H,16,17). The Bertz CT molecular complexity index is 398. The number of halogens is 1. The van der Waals surface area contributed by atoms with E-state index in [4.69, 9.17) is 16.3 Å². The molecule has 1 N–H and O–H groups in total. The van der Waals surface area contributed by atoms with Crippen LogP contribution < -0.4 is 5.32 Å². The van der Waals surface area contributed by atoms with Gasteiger partial charge in [-0.15, -0.1) is 0 Å². The van der Waals surface area contributed by atoms with Crippen molar-refractivity contribution in [1.82, 2.24) is 10.3 Å². The van der Waals surface area contributed by atoms with E-state index >= 15 is 0 Å². The average Bonchev–Trinajstić information content (AvgIpc) is 2.24. The predicted octanol–water partition coefficient (Wildman–Crippen LogP) is 3.36. The number of hydrogen-bond donors (Lipinski definition) is 1. The Morgan fingerprint density at radius 3 is 2.67 bits per heavy atom. The fraction of sp³-hybridized carbons (Fsp3) is 0.538. The fourth-order valence-corrected chi connectivity index (χ4v) is 1.42. The quantitative estimate of drug-likeness (QED) is 0.916. The van der Waals surface area contributed by atoms with Gasteiger partial charge < -0.3 is 10.1 Å². The molecule has 1 aromatic rings. The SMILES string of the molecule is CC(COC(=O)NC(C)(C)C)c1ccc(Cl)cn1. The van der Waals surface area contributed by atoms with Crippen LogP contribution in [0.3, 0.4) is 0 Å². The summed E-state index contributed by atoms with van der Waals surface area (Å²) in [6.45, 7) is 7.94. The molecule has 0 saturated carbocycles. The highest BCUT2D eigenvalue weighted by Gasteiger charge is 2.16. The van der Waals surface area contributed by atoms with Crippen LogP contribution in [0.15, 0.2) is 18.3 Å². The number of pyridine rings is 1. The highest BCUT2D eigenvalue weighted by atomic mass is 35.5. The Morgan fingerprint density at radius 1 is 1.50 bits per heavy atom. The van der Waals surface area contributed by atoms with Gasteiger partial charge in [-0.2, -0.15) is 0 Å². The molecule has 18 heavy (non-hydrogen) atoms. The molecule has 0 fully saturated rings. The summed E-state index contributed by atoms with van der Waals surface area (Å²) in [5, 5.41) is 3.33. The van der Waals surface area contributed by atoms with Gasteiger partial charge in [0.05, 0.1) is 5.02 Å². The Morgan fingerprint density at radius 2 is 2.17 bits per heavy atom. The summed E-state index contributed by atoms with van der Waals surface area (Å²) in [5.41, 5.74) is 0.557. The molecule has 0 aromatic carbocycles. The molecular weight excluding hydrogens is 252 g/mol. The third-order valence-electron chi connectivity index (χ3n) is 2.20. The number of amides is 1. The number of nitrogens with one attached hydrogen (secondary N) is 1. The zero-order chi connectivity index (χ0) is 13.8.